The minimum Gasteiger partial charge on any atom is -0.454 e. The second kappa shape index (κ2) is 8.94. The molecule has 33 heavy (non-hydrogen) atoms. The van der Waals surface area contributed by atoms with Crippen LogP contribution in [0.15, 0.2) is 66.7 Å². The lowest BCUT2D eigenvalue weighted by molar-refractivity contribution is -0.384. The Labute approximate surface area is 192 Å². The molecule has 1 aliphatic heterocycles. The first-order valence-corrected chi connectivity index (χ1v) is 10.7. The molecule has 0 radical (unpaired) electrons. The Balaban J connectivity index is 1.59. The molecule has 0 bridgehead atoms. The molecule has 4 rings (SSSR count). The lowest BCUT2D eigenvalue weighted by Gasteiger charge is -2.21. The van der Waals surface area contributed by atoms with Crippen LogP contribution in [0.3, 0.4) is 0 Å². The molecule has 0 aliphatic carbocycles. The number of nitro benzene ring substituents is 1. The van der Waals surface area contributed by atoms with Gasteiger partial charge in [-0.15, -0.1) is 0 Å². The molecule has 0 spiro atoms. The number of nitro groups is 1. The van der Waals surface area contributed by atoms with Crippen molar-refractivity contribution in [2.45, 2.75) is 38.6 Å². The number of rotatable bonds is 7. The number of carbonyl (C=O) groups excluding carboxylic acids is 1. The molecule has 0 saturated heterocycles. The Bertz CT molecular complexity index is 1160. The lowest BCUT2D eigenvalue weighted by Crippen LogP contribution is -2.16. The van der Waals surface area contributed by atoms with E-state index < -0.39 is 4.92 Å². The Morgan fingerprint density at radius 2 is 1.67 bits per heavy atom. The van der Waals surface area contributed by atoms with Crippen LogP contribution in [0, 0.1) is 10.1 Å². The number of hydrogen-bond donors (Lipinski definition) is 1. The molecule has 0 fully saturated rings. The van der Waals surface area contributed by atoms with E-state index >= 15 is 0 Å². The SMILES string of the molecule is CC(C)(C)c1ccc(C(=O)CC(Nc2ccc([N+](=O)[O-])cc2)c2ccc3c(c2)OCO3)cc1. The van der Waals surface area contributed by atoms with Gasteiger partial charge >= 0.3 is 0 Å². The van der Waals surface area contributed by atoms with Gasteiger partial charge in [-0.25, -0.2) is 0 Å². The summed E-state index contributed by atoms with van der Waals surface area (Å²) in [5.74, 6) is 1.29. The zero-order chi connectivity index (χ0) is 23.6. The van der Waals surface area contributed by atoms with Gasteiger partial charge in [-0.2, -0.15) is 0 Å². The third kappa shape index (κ3) is 5.14. The number of non-ortho nitro benzene ring substituents is 1. The second-order valence-electron chi connectivity index (χ2n) is 9.07. The van der Waals surface area contributed by atoms with Crippen LogP contribution in [-0.4, -0.2) is 17.5 Å². The average Bonchev–Trinajstić information content (AvgIpc) is 3.26. The Kier molecular flexibility index (Phi) is 6.05. The van der Waals surface area contributed by atoms with E-state index in [1.807, 2.05) is 42.5 Å². The highest BCUT2D eigenvalue weighted by Crippen LogP contribution is 2.36. The smallest absolute Gasteiger partial charge is 0.269 e. The van der Waals surface area contributed by atoms with Crippen molar-refractivity contribution in [3.63, 3.8) is 0 Å². The molecule has 1 heterocycles. The number of ketones is 1. The van der Waals surface area contributed by atoms with Crippen molar-refractivity contribution < 1.29 is 19.2 Å². The zero-order valence-corrected chi connectivity index (χ0v) is 18.8. The third-order valence-corrected chi connectivity index (χ3v) is 5.68. The first kappa shape index (κ1) is 22.3. The number of fused-ring (bicyclic) bond motifs is 1. The maximum atomic E-state index is 13.2. The van der Waals surface area contributed by atoms with Crippen molar-refractivity contribution in [1.82, 2.24) is 0 Å². The van der Waals surface area contributed by atoms with Gasteiger partial charge in [0.2, 0.25) is 6.79 Å². The fourth-order valence-electron chi connectivity index (χ4n) is 3.72. The van der Waals surface area contributed by atoms with Gasteiger partial charge in [-0.3, -0.25) is 14.9 Å². The summed E-state index contributed by atoms with van der Waals surface area (Å²) in [5.41, 5.74) is 3.36. The lowest BCUT2D eigenvalue weighted by atomic mass is 9.86. The van der Waals surface area contributed by atoms with Crippen LogP contribution in [0.4, 0.5) is 11.4 Å². The topological polar surface area (TPSA) is 90.7 Å². The summed E-state index contributed by atoms with van der Waals surface area (Å²) in [6, 6.07) is 19.1. The summed E-state index contributed by atoms with van der Waals surface area (Å²) in [6.07, 6.45) is 0.200. The summed E-state index contributed by atoms with van der Waals surface area (Å²) in [7, 11) is 0. The Hall–Kier alpha value is -3.87. The molecule has 1 unspecified atom stereocenters. The minimum atomic E-state index is -0.441. The number of nitrogens with one attached hydrogen (secondary N) is 1. The van der Waals surface area contributed by atoms with Crippen LogP contribution in [0.25, 0.3) is 0 Å². The summed E-state index contributed by atoms with van der Waals surface area (Å²) >= 11 is 0. The molecule has 1 N–H and O–H groups in total. The zero-order valence-electron chi connectivity index (χ0n) is 18.8. The highest BCUT2D eigenvalue weighted by atomic mass is 16.7. The summed E-state index contributed by atoms with van der Waals surface area (Å²) in [6.45, 7) is 6.56. The van der Waals surface area contributed by atoms with Crippen LogP contribution in [0.5, 0.6) is 11.5 Å². The Morgan fingerprint density at radius 1 is 1.00 bits per heavy atom. The van der Waals surface area contributed by atoms with Gasteiger partial charge in [0.05, 0.1) is 11.0 Å². The molecule has 0 aromatic heterocycles. The monoisotopic (exact) mass is 446 g/mol. The second-order valence-corrected chi connectivity index (χ2v) is 9.07. The van der Waals surface area contributed by atoms with Gasteiger partial charge in [0.1, 0.15) is 0 Å². The molecule has 7 heteroatoms. The number of carbonyl (C=O) groups is 1. The molecule has 3 aromatic carbocycles. The molecule has 0 saturated carbocycles. The van der Waals surface area contributed by atoms with Crippen LogP contribution < -0.4 is 14.8 Å². The summed E-state index contributed by atoms with van der Waals surface area (Å²) < 4.78 is 10.9. The number of benzene rings is 3. The average molecular weight is 447 g/mol. The van der Waals surface area contributed by atoms with Crippen molar-refractivity contribution in [1.29, 1.82) is 0 Å². The van der Waals surface area contributed by atoms with E-state index in [2.05, 4.69) is 26.1 Å². The van der Waals surface area contributed by atoms with E-state index in [0.29, 0.717) is 22.7 Å². The van der Waals surface area contributed by atoms with Crippen molar-refractivity contribution in [2.24, 2.45) is 0 Å². The van der Waals surface area contributed by atoms with Crippen LogP contribution >= 0.6 is 0 Å². The van der Waals surface area contributed by atoms with E-state index in [-0.39, 0.29) is 36.1 Å². The normalized spacial score (nSPS) is 13.4. The maximum absolute atomic E-state index is 13.2. The molecule has 3 aromatic rings. The summed E-state index contributed by atoms with van der Waals surface area (Å²) in [4.78, 5) is 23.7. The van der Waals surface area contributed by atoms with E-state index in [9.17, 15) is 14.9 Å². The number of Topliss-reactive ketones (excluding diaryl/α,β-unsaturated/α-hetero) is 1. The predicted octanol–water partition coefficient (Wildman–Crippen LogP) is 6.05. The van der Waals surface area contributed by atoms with E-state index in [4.69, 9.17) is 9.47 Å². The molecule has 1 aliphatic rings. The minimum absolute atomic E-state index is 0.00691. The van der Waals surface area contributed by atoms with E-state index in [0.717, 1.165) is 11.1 Å². The standard InChI is InChI=1S/C26H26N2O5/c1-26(2,3)19-7-4-17(5-8-19)23(29)15-22(18-6-13-24-25(14-18)33-16-32-24)27-20-9-11-21(12-10-20)28(30)31/h4-14,22,27H,15-16H2,1-3H3. The third-order valence-electron chi connectivity index (χ3n) is 5.68. The number of anilines is 1. The first-order valence-electron chi connectivity index (χ1n) is 10.7. The molecule has 0 amide bonds. The highest BCUT2D eigenvalue weighted by Gasteiger charge is 2.22. The quantitative estimate of drug-likeness (QED) is 0.270. The maximum Gasteiger partial charge on any atom is 0.269 e. The van der Waals surface area contributed by atoms with Crippen molar-refractivity contribution in [3.8, 4) is 11.5 Å². The molecule has 7 nitrogen and oxygen atoms in total. The highest BCUT2D eigenvalue weighted by molar-refractivity contribution is 5.96. The first-order chi connectivity index (χ1) is 15.7. The largest absolute Gasteiger partial charge is 0.454 e. The number of ether oxygens (including phenoxy) is 2. The molecule has 170 valence electrons. The Morgan fingerprint density at radius 3 is 2.30 bits per heavy atom. The van der Waals surface area contributed by atoms with Crippen LogP contribution in [0.1, 0.15) is 54.7 Å². The number of nitrogens with zero attached hydrogens (tertiary/aromatic N) is 1. The molecule has 1 atom stereocenters. The van der Waals surface area contributed by atoms with Crippen LogP contribution in [-0.2, 0) is 5.41 Å². The van der Waals surface area contributed by atoms with E-state index in [1.165, 1.54) is 12.1 Å². The van der Waals surface area contributed by atoms with Crippen LogP contribution in [0.2, 0.25) is 0 Å². The predicted molar refractivity (Wildman–Crippen MR) is 126 cm³/mol. The van der Waals surface area contributed by atoms with Gasteiger partial charge in [-0.05, 0) is 40.8 Å². The summed E-state index contributed by atoms with van der Waals surface area (Å²) in [5, 5.41) is 14.3. The molecular weight excluding hydrogens is 420 g/mol. The van der Waals surface area contributed by atoms with Crippen molar-refractivity contribution in [2.75, 3.05) is 12.1 Å². The fraction of sp³-hybridized carbons (Fsp3) is 0.269. The van der Waals surface area contributed by atoms with Gasteiger partial charge in [0, 0.05) is 29.8 Å². The van der Waals surface area contributed by atoms with Gasteiger partial charge < -0.3 is 14.8 Å². The van der Waals surface area contributed by atoms with E-state index in [1.54, 1.807) is 12.1 Å². The van der Waals surface area contributed by atoms with Crippen molar-refractivity contribution >= 4 is 17.2 Å². The van der Waals surface area contributed by atoms with Gasteiger partial charge in [-0.1, -0.05) is 51.1 Å². The van der Waals surface area contributed by atoms with Gasteiger partial charge in [0.15, 0.2) is 17.3 Å². The fourth-order valence-corrected chi connectivity index (χ4v) is 3.72. The van der Waals surface area contributed by atoms with Crippen molar-refractivity contribution in [3.05, 3.63) is 93.5 Å². The van der Waals surface area contributed by atoms with Gasteiger partial charge in [0.25, 0.3) is 5.69 Å². The molecular formula is C26H26N2O5. The number of hydrogen-bond acceptors (Lipinski definition) is 6.